The molecule has 0 aliphatic carbocycles. The van der Waals surface area contributed by atoms with Gasteiger partial charge in [0, 0.05) is 30.0 Å². The predicted molar refractivity (Wildman–Crippen MR) is 102 cm³/mol. The molecule has 3 aromatic rings. The van der Waals surface area contributed by atoms with Crippen LogP contribution in [0.3, 0.4) is 0 Å². The number of nitrogens with one attached hydrogen (secondary N) is 1. The Morgan fingerprint density at radius 3 is 2.70 bits per heavy atom. The first kappa shape index (κ1) is 18.0. The average molecular weight is 367 g/mol. The molecule has 3 heterocycles. The van der Waals surface area contributed by atoms with Crippen LogP contribution in [0.15, 0.2) is 36.5 Å². The second-order valence-corrected chi connectivity index (χ2v) is 8.40. The van der Waals surface area contributed by atoms with E-state index in [0.717, 1.165) is 42.7 Å². The first-order chi connectivity index (χ1) is 12.9. The highest BCUT2D eigenvalue weighted by Gasteiger charge is 2.36. The monoisotopic (exact) mass is 367 g/mol. The molecule has 1 aliphatic rings. The van der Waals surface area contributed by atoms with E-state index >= 15 is 0 Å². The minimum Gasteiger partial charge on any atom is -0.393 e. The lowest BCUT2D eigenvalue weighted by molar-refractivity contribution is -0.932. The van der Waals surface area contributed by atoms with Gasteiger partial charge in [0.05, 0.1) is 30.2 Å². The topological polar surface area (TPSA) is 81.2 Å². The zero-order valence-corrected chi connectivity index (χ0v) is 16.1. The molecule has 7 heteroatoms. The zero-order valence-electron chi connectivity index (χ0n) is 16.1. The van der Waals surface area contributed by atoms with Crippen LogP contribution in [-0.4, -0.2) is 49.5 Å². The molecule has 1 saturated heterocycles. The van der Waals surface area contributed by atoms with E-state index in [9.17, 15) is 5.11 Å². The number of aliphatic hydroxyl groups is 1. The lowest BCUT2D eigenvalue weighted by Crippen LogP contribution is -3.13. The fraction of sp³-hybridized carbons (Fsp3) is 0.500. The molecular formula is C20H27N6O+. The lowest BCUT2D eigenvalue weighted by atomic mass is 9.97. The lowest BCUT2D eigenvalue weighted by Gasteiger charge is -2.34. The highest BCUT2D eigenvalue weighted by Crippen LogP contribution is 2.25. The molecule has 1 aliphatic heterocycles. The quantitative estimate of drug-likeness (QED) is 0.725. The van der Waals surface area contributed by atoms with Crippen molar-refractivity contribution in [3.05, 3.63) is 47.9 Å². The number of tetrazole rings is 1. The number of aliphatic hydroxyl groups excluding tert-OH is 1. The number of hydrogen-bond acceptors (Lipinski definition) is 5. The minimum absolute atomic E-state index is 0.0244. The number of benzene rings is 1. The van der Waals surface area contributed by atoms with E-state index in [-0.39, 0.29) is 17.7 Å². The number of hydrogen-bond donors (Lipinski definition) is 2. The summed E-state index contributed by atoms with van der Waals surface area (Å²) in [4.78, 5) is 5.83. The van der Waals surface area contributed by atoms with Crippen LogP contribution in [0.5, 0.6) is 0 Å². The van der Waals surface area contributed by atoms with Crippen molar-refractivity contribution in [3.63, 3.8) is 0 Å². The first-order valence-corrected chi connectivity index (χ1v) is 9.59. The van der Waals surface area contributed by atoms with E-state index in [4.69, 9.17) is 0 Å². The Balaban J connectivity index is 1.82. The molecule has 7 nitrogen and oxygen atoms in total. The smallest absolute Gasteiger partial charge is 0.214 e. The summed E-state index contributed by atoms with van der Waals surface area (Å²) in [6, 6.07) is 10.5. The maximum absolute atomic E-state index is 9.97. The average Bonchev–Trinajstić information content (AvgIpc) is 3.13. The molecule has 1 fully saturated rings. The maximum Gasteiger partial charge on any atom is 0.214 e. The van der Waals surface area contributed by atoms with Gasteiger partial charge in [0.25, 0.3) is 0 Å². The van der Waals surface area contributed by atoms with Gasteiger partial charge in [-0.2, -0.15) is 0 Å². The van der Waals surface area contributed by atoms with Crippen LogP contribution < -0.4 is 4.90 Å². The fourth-order valence-electron chi connectivity index (χ4n) is 3.95. The van der Waals surface area contributed by atoms with Gasteiger partial charge in [0.2, 0.25) is 5.82 Å². The summed E-state index contributed by atoms with van der Waals surface area (Å²) in [5.74, 6) is 0.872. The normalized spacial score (nSPS) is 22.1. The number of rotatable bonds is 3. The largest absolute Gasteiger partial charge is 0.393 e. The maximum atomic E-state index is 9.97. The number of quaternary nitrogens is 1. The molecule has 0 amide bonds. The second-order valence-electron chi connectivity index (χ2n) is 8.40. The zero-order chi connectivity index (χ0) is 19.0. The van der Waals surface area contributed by atoms with Gasteiger partial charge in [-0.15, -0.1) is 5.10 Å². The van der Waals surface area contributed by atoms with Crippen molar-refractivity contribution in [2.45, 2.75) is 51.3 Å². The van der Waals surface area contributed by atoms with E-state index in [2.05, 4.69) is 65.5 Å². The molecule has 2 aromatic heterocycles. The molecule has 27 heavy (non-hydrogen) atoms. The molecule has 0 bridgehead atoms. The summed E-state index contributed by atoms with van der Waals surface area (Å²) in [5.41, 5.74) is 1.96. The number of fused-ring (bicyclic) bond motifs is 1. The number of pyridine rings is 1. The molecule has 4 rings (SSSR count). The Kier molecular flexibility index (Phi) is 4.65. The summed E-state index contributed by atoms with van der Waals surface area (Å²) < 4.78 is 1.93. The van der Waals surface area contributed by atoms with E-state index in [0.29, 0.717) is 0 Å². The van der Waals surface area contributed by atoms with Gasteiger partial charge in [0.1, 0.15) is 0 Å². The van der Waals surface area contributed by atoms with Gasteiger partial charge in [-0.3, -0.25) is 4.98 Å². The third kappa shape index (κ3) is 3.57. The predicted octanol–water partition coefficient (Wildman–Crippen LogP) is 1.11. The van der Waals surface area contributed by atoms with Gasteiger partial charge in [0.15, 0.2) is 6.04 Å². The Hall–Kier alpha value is -2.38. The van der Waals surface area contributed by atoms with Crippen molar-refractivity contribution < 1.29 is 10.0 Å². The third-order valence-electron chi connectivity index (χ3n) is 5.35. The van der Waals surface area contributed by atoms with Crippen LogP contribution in [0.4, 0.5) is 0 Å². The van der Waals surface area contributed by atoms with Crippen molar-refractivity contribution in [1.82, 2.24) is 25.2 Å². The van der Waals surface area contributed by atoms with Gasteiger partial charge >= 0.3 is 0 Å². The van der Waals surface area contributed by atoms with E-state index in [1.54, 1.807) is 0 Å². The van der Waals surface area contributed by atoms with Crippen molar-refractivity contribution in [2.24, 2.45) is 0 Å². The molecule has 1 atom stereocenters. The van der Waals surface area contributed by atoms with Gasteiger partial charge < -0.3 is 10.0 Å². The number of piperidine rings is 1. The highest BCUT2D eigenvalue weighted by molar-refractivity contribution is 5.79. The van der Waals surface area contributed by atoms with Crippen LogP contribution in [0.25, 0.3) is 10.9 Å². The van der Waals surface area contributed by atoms with Crippen LogP contribution in [-0.2, 0) is 5.54 Å². The standard InChI is InChI=1S/C20H26N6O/c1-20(2,3)26-19(22-23-24-26)18(25-11-8-16(27)9-12-25)15-6-7-17-14(13-15)5-4-10-21-17/h4-7,10,13,16,18,27H,8-9,11-12H2,1-3H3/p+1/t18-/m0/s1. The first-order valence-electron chi connectivity index (χ1n) is 9.59. The fourth-order valence-corrected chi connectivity index (χ4v) is 3.95. The molecule has 2 N–H and O–H groups in total. The van der Waals surface area contributed by atoms with Crippen LogP contribution >= 0.6 is 0 Å². The SMILES string of the molecule is CC(C)(C)n1nnnc1[C@H](c1ccc2ncccc2c1)[NH+]1CCC(O)CC1. The van der Waals surface area contributed by atoms with Gasteiger partial charge in [-0.05, 0) is 49.4 Å². The Morgan fingerprint density at radius 2 is 1.96 bits per heavy atom. The Morgan fingerprint density at radius 1 is 1.19 bits per heavy atom. The van der Waals surface area contributed by atoms with Crippen LogP contribution in [0, 0.1) is 0 Å². The van der Waals surface area contributed by atoms with Gasteiger partial charge in [-0.25, -0.2) is 4.68 Å². The molecule has 0 spiro atoms. The Bertz CT molecular complexity index is 923. The van der Waals surface area contributed by atoms with Crippen molar-refractivity contribution in [1.29, 1.82) is 0 Å². The number of aromatic nitrogens is 5. The summed E-state index contributed by atoms with van der Waals surface area (Å²) in [7, 11) is 0. The van der Waals surface area contributed by atoms with E-state index in [1.807, 2.05) is 16.9 Å². The van der Waals surface area contributed by atoms with Gasteiger partial charge in [-0.1, -0.05) is 12.1 Å². The van der Waals surface area contributed by atoms with Crippen LogP contribution in [0.1, 0.15) is 51.0 Å². The van der Waals surface area contributed by atoms with E-state index < -0.39 is 0 Å². The Labute approximate surface area is 159 Å². The molecule has 1 aromatic carbocycles. The molecule has 0 saturated carbocycles. The van der Waals surface area contributed by atoms with Crippen LogP contribution in [0.2, 0.25) is 0 Å². The molecule has 0 radical (unpaired) electrons. The third-order valence-corrected chi connectivity index (χ3v) is 5.35. The number of likely N-dealkylation sites (tertiary alicyclic amines) is 1. The number of nitrogens with zero attached hydrogens (tertiary/aromatic N) is 5. The van der Waals surface area contributed by atoms with Crippen molar-refractivity contribution in [2.75, 3.05) is 13.1 Å². The molecule has 142 valence electrons. The second kappa shape index (κ2) is 6.98. The van der Waals surface area contributed by atoms with Crippen molar-refractivity contribution >= 4 is 10.9 Å². The summed E-state index contributed by atoms with van der Waals surface area (Å²) in [6.07, 6.45) is 3.22. The highest BCUT2D eigenvalue weighted by atomic mass is 16.3. The molecule has 0 unspecified atom stereocenters. The minimum atomic E-state index is -0.204. The van der Waals surface area contributed by atoms with E-state index in [1.165, 1.54) is 10.5 Å². The summed E-state index contributed by atoms with van der Waals surface area (Å²) in [6.45, 7) is 8.14. The summed E-state index contributed by atoms with van der Waals surface area (Å²) >= 11 is 0. The molecular weight excluding hydrogens is 340 g/mol. The van der Waals surface area contributed by atoms with Crippen molar-refractivity contribution in [3.8, 4) is 0 Å². The summed E-state index contributed by atoms with van der Waals surface area (Å²) in [5, 5.41) is 23.8.